The van der Waals surface area contributed by atoms with Crippen molar-refractivity contribution in [2.24, 2.45) is 9.98 Å². The van der Waals surface area contributed by atoms with E-state index in [1.807, 2.05) is 12.1 Å². The maximum absolute atomic E-state index is 4.00. The summed E-state index contributed by atoms with van der Waals surface area (Å²) in [7, 11) is 1.71. The van der Waals surface area contributed by atoms with Crippen LogP contribution in [0.2, 0.25) is 0 Å². The van der Waals surface area contributed by atoms with Crippen LogP contribution in [0.5, 0.6) is 0 Å². The Labute approximate surface area is 65.5 Å². The minimum Gasteiger partial charge on any atom is -0.296 e. The highest BCUT2D eigenvalue weighted by atomic mass is 14.9. The lowest BCUT2D eigenvalue weighted by molar-refractivity contribution is 1.27. The van der Waals surface area contributed by atoms with E-state index < -0.39 is 0 Å². The molecule has 0 unspecified atom stereocenters. The predicted octanol–water partition coefficient (Wildman–Crippen LogP) is 1.46. The van der Waals surface area contributed by atoms with Gasteiger partial charge in [0.15, 0.2) is 5.82 Å². The van der Waals surface area contributed by atoms with E-state index in [1.54, 1.807) is 19.5 Å². The Morgan fingerprint density at radius 3 is 3.09 bits per heavy atom. The second-order valence-electron chi connectivity index (χ2n) is 1.96. The third-order valence-corrected chi connectivity index (χ3v) is 1.23. The van der Waals surface area contributed by atoms with Gasteiger partial charge in [0.25, 0.3) is 0 Å². The van der Waals surface area contributed by atoms with E-state index in [0.717, 1.165) is 5.56 Å². The summed E-state index contributed by atoms with van der Waals surface area (Å²) in [6, 6.07) is 3.73. The highest BCUT2D eigenvalue weighted by molar-refractivity contribution is 5.85. The average Bonchev–Trinajstić information content (AvgIpc) is 2.06. The first-order valence-corrected chi connectivity index (χ1v) is 3.22. The van der Waals surface area contributed by atoms with Gasteiger partial charge in [-0.25, -0.2) is 9.98 Å². The largest absolute Gasteiger partial charge is 0.296 e. The van der Waals surface area contributed by atoms with Gasteiger partial charge in [-0.15, -0.1) is 0 Å². The first-order valence-electron chi connectivity index (χ1n) is 3.22. The molecule has 0 bridgehead atoms. The average molecular weight is 147 g/mol. The zero-order chi connectivity index (χ0) is 8.10. The molecular formula is C8H9N3. The Hall–Kier alpha value is -1.51. The van der Waals surface area contributed by atoms with Gasteiger partial charge in [0.2, 0.25) is 0 Å². The van der Waals surface area contributed by atoms with Gasteiger partial charge in [-0.3, -0.25) is 4.99 Å². The molecule has 1 aromatic rings. The Kier molecular flexibility index (Phi) is 2.49. The minimum absolute atomic E-state index is 0.623. The van der Waals surface area contributed by atoms with Crippen molar-refractivity contribution in [3.8, 4) is 0 Å². The molecule has 56 valence electrons. The number of aromatic nitrogens is 1. The van der Waals surface area contributed by atoms with E-state index in [2.05, 4.69) is 21.7 Å². The fourth-order valence-corrected chi connectivity index (χ4v) is 0.781. The molecule has 0 N–H and O–H groups in total. The van der Waals surface area contributed by atoms with Gasteiger partial charge in [-0.2, -0.15) is 0 Å². The molecule has 0 fully saturated rings. The fraction of sp³-hybridized carbons (Fsp3) is 0.125. The van der Waals surface area contributed by atoms with Crippen LogP contribution in [0.25, 0.3) is 0 Å². The van der Waals surface area contributed by atoms with Crippen molar-refractivity contribution in [2.75, 3.05) is 7.05 Å². The van der Waals surface area contributed by atoms with Gasteiger partial charge in [-0.1, -0.05) is 0 Å². The van der Waals surface area contributed by atoms with Crippen LogP contribution >= 0.6 is 0 Å². The van der Waals surface area contributed by atoms with Gasteiger partial charge in [0, 0.05) is 25.0 Å². The topological polar surface area (TPSA) is 37.6 Å². The normalized spacial score (nSPS) is 10.3. The summed E-state index contributed by atoms with van der Waals surface area (Å²) in [5.41, 5.74) is 0.894. The number of pyridine rings is 1. The van der Waals surface area contributed by atoms with Gasteiger partial charge in [0.05, 0.1) is 0 Å². The SMILES string of the molecule is C=Nc1ncccc1/C=N\C. The molecule has 0 saturated carbocycles. The number of aliphatic imine (C=N–C) groups is 2. The summed E-state index contributed by atoms with van der Waals surface area (Å²) in [6.45, 7) is 3.40. The molecule has 0 radical (unpaired) electrons. The van der Waals surface area contributed by atoms with Gasteiger partial charge >= 0.3 is 0 Å². The Balaban J connectivity index is 3.11. The van der Waals surface area contributed by atoms with Crippen LogP contribution in [-0.2, 0) is 0 Å². The second kappa shape index (κ2) is 3.61. The lowest BCUT2D eigenvalue weighted by Gasteiger charge is -1.94. The van der Waals surface area contributed by atoms with Crippen molar-refractivity contribution in [3.63, 3.8) is 0 Å². The fourth-order valence-electron chi connectivity index (χ4n) is 0.781. The summed E-state index contributed by atoms with van der Waals surface area (Å²) in [5, 5.41) is 0. The molecule has 3 nitrogen and oxygen atoms in total. The Morgan fingerprint density at radius 2 is 2.45 bits per heavy atom. The standard InChI is InChI=1S/C8H9N3/c1-9-6-7-4-3-5-11-8(7)10-2/h3-6H,2H2,1H3/b9-6-. The van der Waals surface area contributed by atoms with Crippen LogP contribution in [0.3, 0.4) is 0 Å². The summed E-state index contributed by atoms with van der Waals surface area (Å²) in [5.74, 6) is 0.623. The highest BCUT2D eigenvalue weighted by Gasteiger charge is 1.94. The van der Waals surface area contributed by atoms with Crippen molar-refractivity contribution in [1.29, 1.82) is 0 Å². The molecule has 0 aliphatic carbocycles. The first kappa shape index (κ1) is 7.60. The van der Waals surface area contributed by atoms with Crippen LogP contribution in [0.4, 0.5) is 5.82 Å². The molecule has 11 heavy (non-hydrogen) atoms. The first-order chi connectivity index (χ1) is 5.38. The summed E-state index contributed by atoms with van der Waals surface area (Å²) < 4.78 is 0. The molecule has 0 aliphatic rings. The van der Waals surface area contributed by atoms with Crippen LogP contribution < -0.4 is 0 Å². The number of nitrogens with zero attached hydrogens (tertiary/aromatic N) is 3. The molecule has 0 amide bonds. The maximum Gasteiger partial charge on any atom is 0.160 e. The zero-order valence-corrected chi connectivity index (χ0v) is 6.36. The smallest absolute Gasteiger partial charge is 0.160 e. The Morgan fingerprint density at radius 1 is 1.64 bits per heavy atom. The second-order valence-corrected chi connectivity index (χ2v) is 1.96. The van der Waals surface area contributed by atoms with Gasteiger partial charge in [-0.05, 0) is 18.9 Å². The monoisotopic (exact) mass is 147 g/mol. The summed E-state index contributed by atoms with van der Waals surface area (Å²) >= 11 is 0. The lowest BCUT2D eigenvalue weighted by atomic mass is 10.3. The molecule has 0 spiro atoms. The molecule has 0 aromatic carbocycles. The van der Waals surface area contributed by atoms with Gasteiger partial charge in [0.1, 0.15) is 0 Å². The van der Waals surface area contributed by atoms with Crippen molar-refractivity contribution in [2.45, 2.75) is 0 Å². The number of hydrogen-bond acceptors (Lipinski definition) is 3. The van der Waals surface area contributed by atoms with E-state index in [0.29, 0.717) is 5.82 Å². The van der Waals surface area contributed by atoms with E-state index in [-0.39, 0.29) is 0 Å². The Bertz CT molecular complexity index is 278. The van der Waals surface area contributed by atoms with Crippen LogP contribution in [0, 0.1) is 0 Å². The zero-order valence-electron chi connectivity index (χ0n) is 6.36. The van der Waals surface area contributed by atoms with E-state index in [4.69, 9.17) is 0 Å². The molecule has 0 aliphatic heterocycles. The molecule has 3 heteroatoms. The van der Waals surface area contributed by atoms with E-state index in [9.17, 15) is 0 Å². The third kappa shape index (κ3) is 1.70. The van der Waals surface area contributed by atoms with E-state index in [1.165, 1.54) is 0 Å². The van der Waals surface area contributed by atoms with Crippen molar-refractivity contribution in [3.05, 3.63) is 23.9 Å². The quantitative estimate of drug-likeness (QED) is 0.583. The van der Waals surface area contributed by atoms with Crippen molar-refractivity contribution < 1.29 is 0 Å². The predicted molar refractivity (Wildman–Crippen MR) is 47.0 cm³/mol. The van der Waals surface area contributed by atoms with Crippen LogP contribution in [0.1, 0.15) is 5.56 Å². The lowest BCUT2D eigenvalue weighted by Crippen LogP contribution is -1.83. The van der Waals surface area contributed by atoms with Crippen LogP contribution in [0.15, 0.2) is 28.3 Å². The van der Waals surface area contributed by atoms with E-state index >= 15 is 0 Å². The van der Waals surface area contributed by atoms with Crippen LogP contribution in [-0.4, -0.2) is 25.0 Å². The maximum atomic E-state index is 4.00. The molecular weight excluding hydrogens is 138 g/mol. The molecule has 0 atom stereocenters. The number of rotatable bonds is 2. The summed E-state index contributed by atoms with van der Waals surface area (Å²) in [6.07, 6.45) is 3.38. The van der Waals surface area contributed by atoms with Crippen molar-refractivity contribution in [1.82, 2.24) is 4.98 Å². The van der Waals surface area contributed by atoms with Gasteiger partial charge < -0.3 is 0 Å². The molecule has 1 heterocycles. The minimum atomic E-state index is 0.623. The molecule has 1 aromatic heterocycles. The number of hydrogen-bond donors (Lipinski definition) is 0. The molecule has 1 rings (SSSR count). The summed E-state index contributed by atoms with van der Waals surface area (Å²) in [4.78, 5) is 11.6. The van der Waals surface area contributed by atoms with Crippen molar-refractivity contribution >= 4 is 18.7 Å². The third-order valence-electron chi connectivity index (χ3n) is 1.23. The highest BCUT2D eigenvalue weighted by Crippen LogP contribution is 2.10. The molecule has 0 saturated heterocycles.